The summed E-state index contributed by atoms with van der Waals surface area (Å²) in [7, 11) is 0. The molecule has 20 heavy (non-hydrogen) atoms. The van der Waals surface area contributed by atoms with Crippen LogP contribution in [0.15, 0.2) is 30.6 Å². The van der Waals surface area contributed by atoms with Gasteiger partial charge in [-0.3, -0.25) is 4.98 Å². The predicted octanol–water partition coefficient (Wildman–Crippen LogP) is 2.61. The van der Waals surface area contributed by atoms with Crippen molar-refractivity contribution in [1.29, 1.82) is 5.26 Å². The Labute approximate surface area is 116 Å². The zero-order valence-corrected chi connectivity index (χ0v) is 11.0. The van der Waals surface area contributed by atoms with Gasteiger partial charge in [-0.05, 0) is 36.6 Å². The summed E-state index contributed by atoms with van der Waals surface area (Å²) in [5, 5.41) is 8.90. The Balaban J connectivity index is 1.97. The maximum absolute atomic E-state index is 13.3. The number of fused-ring (bicyclic) bond motifs is 1. The first-order valence-electron chi connectivity index (χ1n) is 6.46. The molecule has 1 aliphatic heterocycles. The Morgan fingerprint density at radius 1 is 1.40 bits per heavy atom. The van der Waals surface area contributed by atoms with Gasteiger partial charge >= 0.3 is 0 Å². The SMILES string of the molecule is CC1c2ccc(F)cc2CCN1c1cncc(C#N)n1. The van der Waals surface area contributed by atoms with Crippen LogP contribution in [-0.4, -0.2) is 16.5 Å². The largest absolute Gasteiger partial charge is 0.348 e. The third-order valence-corrected chi connectivity index (χ3v) is 3.68. The van der Waals surface area contributed by atoms with Crippen LogP contribution in [0.4, 0.5) is 10.2 Å². The van der Waals surface area contributed by atoms with Gasteiger partial charge in [-0.1, -0.05) is 6.07 Å². The van der Waals surface area contributed by atoms with Gasteiger partial charge in [-0.25, -0.2) is 9.37 Å². The van der Waals surface area contributed by atoms with Crippen molar-refractivity contribution < 1.29 is 4.39 Å². The second kappa shape index (κ2) is 4.89. The quantitative estimate of drug-likeness (QED) is 0.797. The smallest absolute Gasteiger partial charge is 0.161 e. The number of benzene rings is 1. The molecule has 5 heteroatoms. The molecule has 1 aromatic carbocycles. The molecule has 3 rings (SSSR count). The molecule has 0 fully saturated rings. The van der Waals surface area contributed by atoms with Crippen molar-refractivity contribution in [3.05, 3.63) is 53.2 Å². The highest BCUT2D eigenvalue weighted by atomic mass is 19.1. The summed E-state index contributed by atoms with van der Waals surface area (Å²) in [6, 6.07) is 6.99. The number of hydrogen-bond acceptors (Lipinski definition) is 4. The average Bonchev–Trinajstić information content (AvgIpc) is 2.47. The van der Waals surface area contributed by atoms with Gasteiger partial charge in [0.2, 0.25) is 0 Å². The van der Waals surface area contributed by atoms with Gasteiger partial charge in [0.15, 0.2) is 5.69 Å². The Morgan fingerprint density at radius 2 is 2.25 bits per heavy atom. The molecule has 0 saturated heterocycles. The Kier molecular flexibility index (Phi) is 3.07. The van der Waals surface area contributed by atoms with Gasteiger partial charge in [0.1, 0.15) is 17.7 Å². The highest BCUT2D eigenvalue weighted by Gasteiger charge is 2.25. The van der Waals surface area contributed by atoms with E-state index in [0.29, 0.717) is 11.5 Å². The number of aromatic nitrogens is 2. The van der Waals surface area contributed by atoms with Crippen LogP contribution in [0.2, 0.25) is 0 Å². The van der Waals surface area contributed by atoms with Gasteiger partial charge in [-0.15, -0.1) is 0 Å². The maximum atomic E-state index is 13.3. The summed E-state index contributed by atoms with van der Waals surface area (Å²) in [6.45, 7) is 2.79. The normalized spacial score (nSPS) is 17.4. The second-order valence-electron chi connectivity index (χ2n) is 4.84. The van der Waals surface area contributed by atoms with E-state index < -0.39 is 0 Å². The monoisotopic (exact) mass is 268 g/mol. The Morgan fingerprint density at radius 3 is 3.05 bits per heavy atom. The van der Waals surface area contributed by atoms with E-state index in [9.17, 15) is 4.39 Å². The lowest BCUT2D eigenvalue weighted by molar-refractivity contribution is 0.593. The van der Waals surface area contributed by atoms with Crippen LogP contribution >= 0.6 is 0 Å². The molecule has 0 saturated carbocycles. The van der Waals surface area contributed by atoms with Gasteiger partial charge in [0.05, 0.1) is 18.4 Å². The molecule has 4 nitrogen and oxygen atoms in total. The fourth-order valence-electron chi connectivity index (χ4n) is 2.66. The van der Waals surface area contributed by atoms with E-state index in [1.165, 1.54) is 12.3 Å². The standard InChI is InChI=1S/C15H13FN4/c1-10-14-3-2-12(16)6-11(14)4-5-20(10)15-9-18-8-13(7-17)19-15/h2-3,6,8-10H,4-5H2,1H3. The first-order chi connectivity index (χ1) is 9.69. The molecule has 1 aliphatic rings. The second-order valence-corrected chi connectivity index (χ2v) is 4.84. The van der Waals surface area contributed by atoms with E-state index in [4.69, 9.17) is 5.26 Å². The Hall–Kier alpha value is -2.48. The molecule has 2 aromatic rings. The molecule has 0 radical (unpaired) electrons. The molecule has 1 aromatic heterocycles. The van der Waals surface area contributed by atoms with Crippen molar-refractivity contribution in [3.8, 4) is 6.07 Å². The Bertz CT molecular complexity index is 693. The van der Waals surface area contributed by atoms with Crippen LogP contribution in [0.3, 0.4) is 0 Å². The first kappa shape index (κ1) is 12.5. The van der Waals surface area contributed by atoms with Gasteiger partial charge in [0.25, 0.3) is 0 Å². The zero-order chi connectivity index (χ0) is 14.1. The van der Waals surface area contributed by atoms with Gasteiger partial charge in [0, 0.05) is 6.54 Å². The molecule has 0 N–H and O–H groups in total. The number of anilines is 1. The van der Waals surface area contributed by atoms with Crippen molar-refractivity contribution in [2.75, 3.05) is 11.4 Å². The van der Waals surface area contributed by atoms with Crippen LogP contribution in [0, 0.1) is 17.1 Å². The minimum Gasteiger partial charge on any atom is -0.348 e. The predicted molar refractivity (Wildman–Crippen MR) is 72.6 cm³/mol. The van der Waals surface area contributed by atoms with Crippen molar-refractivity contribution in [1.82, 2.24) is 9.97 Å². The molecule has 1 unspecified atom stereocenters. The molecule has 0 spiro atoms. The van der Waals surface area contributed by atoms with Gasteiger partial charge in [-0.2, -0.15) is 5.26 Å². The van der Waals surface area contributed by atoms with Crippen LogP contribution in [0.5, 0.6) is 0 Å². The third-order valence-electron chi connectivity index (χ3n) is 3.68. The van der Waals surface area contributed by atoms with E-state index in [-0.39, 0.29) is 11.9 Å². The van der Waals surface area contributed by atoms with E-state index in [2.05, 4.69) is 21.8 Å². The van der Waals surface area contributed by atoms with E-state index in [1.807, 2.05) is 12.1 Å². The maximum Gasteiger partial charge on any atom is 0.161 e. The number of halogens is 1. The fraction of sp³-hybridized carbons (Fsp3) is 0.267. The lowest BCUT2D eigenvalue weighted by Crippen LogP contribution is -2.34. The highest BCUT2D eigenvalue weighted by Crippen LogP contribution is 2.32. The van der Waals surface area contributed by atoms with E-state index in [0.717, 1.165) is 24.1 Å². The zero-order valence-electron chi connectivity index (χ0n) is 11.0. The minimum absolute atomic E-state index is 0.0857. The molecule has 2 heterocycles. The van der Waals surface area contributed by atoms with Crippen LogP contribution in [0.25, 0.3) is 0 Å². The summed E-state index contributed by atoms with van der Waals surface area (Å²) in [5.41, 5.74) is 2.44. The van der Waals surface area contributed by atoms with Crippen LogP contribution in [0.1, 0.15) is 29.8 Å². The highest BCUT2D eigenvalue weighted by molar-refractivity contribution is 5.47. The van der Waals surface area contributed by atoms with Crippen molar-refractivity contribution >= 4 is 5.82 Å². The summed E-state index contributed by atoms with van der Waals surface area (Å²) in [6.07, 6.45) is 3.86. The summed E-state index contributed by atoms with van der Waals surface area (Å²) in [4.78, 5) is 10.4. The molecular weight excluding hydrogens is 255 g/mol. The van der Waals surface area contributed by atoms with E-state index in [1.54, 1.807) is 12.3 Å². The lowest BCUT2D eigenvalue weighted by Gasteiger charge is -2.36. The first-order valence-corrected chi connectivity index (χ1v) is 6.46. The molecule has 0 aliphatic carbocycles. The van der Waals surface area contributed by atoms with Crippen molar-refractivity contribution in [2.45, 2.75) is 19.4 Å². The summed E-state index contributed by atoms with van der Waals surface area (Å²) >= 11 is 0. The number of hydrogen-bond donors (Lipinski definition) is 0. The number of nitriles is 1. The van der Waals surface area contributed by atoms with E-state index >= 15 is 0 Å². The molecular formula is C15H13FN4. The van der Waals surface area contributed by atoms with Crippen LogP contribution < -0.4 is 4.90 Å². The third kappa shape index (κ3) is 2.10. The average molecular weight is 268 g/mol. The molecule has 0 amide bonds. The van der Waals surface area contributed by atoms with Gasteiger partial charge < -0.3 is 4.90 Å². The summed E-state index contributed by atoms with van der Waals surface area (Å²) in [5.74, 6) is 0.488. The number of rotatable bonds is 1. The lowest BCUT2D eigenvalue weighted by atomic mass is 9.93. The molecule has 1 atom stereocenters. The van der Waals surface area contributed by atoms with Crippen LogP contribution in [-0.2, 0) is 6.42 Å². The van der Waals surface area contributed by atoms with Crippen molar-refractivity contribution in [2.24, 2.45) is 0 Å². The molecule has 100 valence electrons. The number of nitrogens with zero attached hydrogens (tertiary/aromatic N) is 4. The minimum atomic E-state index is -0.198. The molecule has 0 bridgehead atoms. The summed E-state index contributed by atoms with van der Waals surface area (Å²) < 4.78 is 13.3. The van der Waals surface area contributed by atoms with Crippen molar-refractivity contribution in [3.63, 3.8) is 0 Å². The topological polar surface area (TPSA) is 52.8 Å². The fourth-order valence-corrected chi connectivity index (χ4v) is 2.66.